The van der Waals surface area contributed by atoms with Gasteiger partial charge in [-0.05, 0) is 49.1 Å². The van der Waals surface area contributed by atoms with E-state index in [2.05, 4.69) is 25.5 Å². The number of hydrogen-bond acceptors (Lipinski definition) is 7. The molecule has 1 saturated carbocycles. The molecule has 0 aliphatic heterocycles. The molecule has 1 aromatic carbocycles. The van der Waals surface area contributed by atoms with Crippen LogP contribution in [0.3, 0.4) is 0 Å². The fourth-order valence-corrected chi connectivity index (χ4v) is 3.47. The number of hydrogen-bond donors (Lipinski definition) is 2. The number of H-pyrrole nitrogens is 1. The molecule has 0 saturated heterocycles. The number of carbonyl (C=O) groups is 1. The van der Waals surface area contributed by atoms with Gasteiger partial charge in [-0.1, -0.05) is 12.5 Å². The molecule has 2 heterocycles. The van der Waals surface area contributed by atoms with Crippen LogP contribution in [-0.2, 0) is 17.8 Å². The number of amides is 1. The van der Waals surface area contributed by atoms with Crippen LogP contribution >= 0.6 is 0 Å². The molecule has 2 aromatic heterocycles. The van der Waals surface area contributed by atoms with Gasteiger partial charge >= 0.3 is 0 Å². The zero-order valence-corrected chi connectivity index (χ0v) is 18.5. The fraction of sp³-hybridized carbons (Fsp3) is 0.375. The molecule has 4 rings (SSSR count). The van der Waals surface area contributed by atoms with Crippen LogP contribution in [0.4, 0.5) is 0 Å². The number of benzene rings is 1. The number of pyridine rings is 1. The van der Waals surface area contributed by atoms with Crippen LogP contribution in [0.25, 0.3) is 11.4 Å². The first kappa shape index (κ1) is 22.4. The average molecular weight is 450 g/mol. The molecule has 9 heteroatoms. The Bertz CT molecular complexity index is 1150. The van der Waals surface area contributed by atoms with Crippen molar-refractivity contribution in [2.45, 2.75) is 38.6 Å². The lowest BCUT2D eigenvalue weighted by Gasteiger charge is -2.25. The highest BCUT2D eigenvalue weighted by molar-refractivity contribution is 5.76. The summed E-state index contributed by atoms with van der Waals surface area (Å²) in [5, 5.41) is 11.0. The molecule has 1 fully saturated rings. The molecular formula is C24H27N5O4. The minimum atomic E-state index is -0.373. The number of aromatic amines is 1. The van der Waals surface area contributed by atoms with E-state index >= 15 is 0 Å². The predicted molar refractivity (Wildman–Crippen MR) is 122 cm³/mol. The largest absolute Gasteiger partial charge is 0.493 e. The quantitative estimate of drug-likeness (QED) is 0.488. The molecule has 33 heavy (non-hydrogen) atoms. The molecule has 1 aliphatic carbocycles. The molecule has 0 bridgehead atoms. The van der Waals surface area contributed by atoms with E-state index in [1.54, 1.807) is 19.4 Å². The van der Waals surface area contributed by atoms with Crippen molar-refractivity contribution in [1.82, 2.24) is 25.5 Å². The second kappa shape index (κ2) is 10.7. The number of rotatable bonds is 10. The van der Waals surface area contributed by atoms with Crippen molar-refractivity contribution >= 4 is 5.91 Å². The molecule has 1 aliphatic rings. The van der Waals surface area contributed by atoms with E-state index in [1.807, 2.05) is 30.3 Å². The monoisotopic (exact) mass is 449 g/mol. The van der Waals surface area contributed by atoms with Crippen LogP contribution in [0.2, 0.25) is 0 Å². The van der Waals surface area contributed by atoms with Crippen LogP contribution < -0.4 is 20.3 Å². The maximum atomic E-state index is 12.5. The van der Waals surface area contributed by atoms with Crippen LogP contribution in [0.1, 0.15) is 37.1 Å². The number of aryl methyl sites for hydroxylation is 1. The second-order valence-electron chi connectivity index (χ2n) is 8.02. The normalized spacial score (nSPS) is 13.2. The van der Waals surface area contributed by atoms with E-state index < -0.39 is 0 Å². The molecule has 2 N–H and O–H groups in total. The number of ether oxygens (including phenoxy) is 2. The summed E-state index contributed by atoms with van der Waals surface area (Å²) in [6.07, 6.45) is 5.66. The Kier molecular flexibility index (Phi) is 7.29. The standard InChI is InChI=1S/C24H27N5O4/c1-32-21-13-17(8-10-20(21)33-15-16-5-4-6-16)23-27-24(31)19(28-29-23)9-11-22(30)26-14-18-7-2-3-12-25-18/h2-3,7-8,10,12-13,16H,4-6,9,11,14-15H2,1H3,(H,26,30)(H,27,29,31). The third-order valence-electron chi connectivity index (χ3n) is 5.68. The first-order valence-electron chi connectivity index (χ1n) is 11.1. The Hall–Kier alpha value is -3.75. The first-order chi connectivity index (χ1) is 16.1. The molecular weight excluding hydrogens is 422 g/mol. The number of aromatic nitrogens is 4. The second-order valence-corrected chi connectivity index (χ2v) is 8.02. The van der Waals surface area contributed by atoms with Gasteiger partial charge in [-0.2, -0.15) is 0 Å². The summed E-state index contributed by atoms with van der Waals surface area (Å²) >= 11 is 0. The first-order valence-corrected chi connectivity index (χ1v) is 11.1. The molecule has 0 radical (unpaired) electrons. The summed E-state index contributed by atoms with van der Waals surface area (Å²) in [6.45, 7) is 1.01. The van der Waals surface area contributed by atoms with Crippen molar-refractivity contribution in [1.29, 1.82) is 0 Å². The van der Waals surface area contributed by atoms with Gasteiger partial charge in [0.05, 0.1) is 26.0 Å². The summed E-state index contributed by atoms with van der Waals surface area (Å²) in [4.78, 5) is 31.5. The van der Waals surface area contributed by atoms with Gasteiger partial charge in [0.1, 0.15) is 5.69 Å². The molecule has 0 spiro atoms. The Balaban J connectivity index is 1.35. The van der Waals surface area contributed by atoms with Crippen molar-refractivity contribution in [3.8, 4) is 22.9 Å². The molecule has 3 aromatic rings. The van der Waals surface area contributed by atoms with Crippen molar-refractivity contribution < 1.29 is 14.3 Å². The zero-order chi connectivity index (χ0) is 23.0. The highest BCUT2D eigenvalue weighted by atomic mass is 16.5. The van der Waals surface area contributed by atoms with Crippen LogP contribution in [0.5, 0.6) is 11.5 Å². The van der Waals surface area contributed by atoms with E-state index in [4.69, 9.17) is 9.47 Å². The van der Waals surface area contributed by atoms with E-state index in [0.29, 0.717) is 42.0 Å². The van der Waals surface area contributed by atoms with Crippen molar-refractivity contribution in [3.05, 3.63) is 64.3 Å². The maximum absolute atomic E-state index is 12.5. The molecule has 0 atom stereocenters. The van der Waals surface area contributed by atoms with Crippen LogP contribution in [-0.4, -0.2) is 39.8 Å². The number of methoxy groups -OCH3 is 1. The van der Waals surface area contributed by atoms with Crippen LogP contribution in [0.15, 0.2) is 47.4 Å². The lowest BCUT2D eigenvalue weighted by molar-refractivity contribution is -0.121. The Morgan fingerprint density at radius 2 is 2.06 bits per heavy atom. The van der Waals surface area contributed by atoms with E-state index in [9.17, 15) is 9.59 Å². The minimum absolute atomic E-state index is 0.130. The number of carbonyl (C=O) groups excluding carboxylic acids is 1. The summed E-state index contributed by atoms with van der Waals surface area (Å²) in [5.41, 5.74) is 1.26. The fourth-order valence-electron chi connectivity index (χ4n) is 3.47. The van der Waals surface area contributed by atoms with E-state index in [0.717, 1.165) is 5.69 Å². The van der Waals surface area contributed by atoms with E-state index in [-0.39, 0.29) is 30.0 Å². The average Bonchev–Trinajstić information content (AvgIpc) is 2.81. The summed E-state index contributed by atoms with van der Waals surface area (Å²) in [7, 11) is 1.58. The number of nitrogens with zero attached hydrogens (tertiary/aromatic N) is 3. The Morgan fingerprint density at radius 1 is 1.18 bits per heavy atom. The molecule has 9 nitrogen and oxygen atoms in total. The predicted octanol–water partition coefficient (Wildman–Crippen LogP) is 2.66. The summed E-state index contributed by atoms with van der Waals surface area (Å²) in [6, 6.07) is 10.9. The Morgan fingerprint density at radius 3 is 2.76 bits per heavy atom. The van der Waals surface area contributed by atoms with Crippen molar-refractivity contribution in [3.63, 3.8) is 0 Å². The SMILES string of the molecule is COc1cc(-c2nnc(CCC(=O)NCc3ccccn3)c(=O)[nH]2)ccc1OCC1CCC1. The Labute approximate surface area is 191 Å². The van der Waals surface area contributed by atoms with Gasteiger partial charge in [0.15, 0.2) is 17.3 Å². The molecule has 0 unspecified atom stereocenters. The number of nitrogens with one attached hydrogen (secondary N) is 2. The summed E-state index contributed by atoms with van der Waals surface area (Å²) < 4.78 is 11.3. The van der Waals surface area contributed by atoms with Crippen molar-refractivity contribution in [2.24, 2.45) is 5.92 Å². The van der Waals surface area contributed by atoms with Gasteiger partial charge in [0, 0.05) is 24.6 Å². The highest BCUT2D eigenvalue weighted by Gasteiger charge is 2.19. The zero-order valence-electron chi connectivity index (χ0n) is 18.5. The van der Waals surface area contributed by atoms with Gasteiger partial charge in [0.2, 0.25) is 5.91 Å². The maximum Gasteiger partial charge on any atom is 0.273 e. The summed E-state index contributed by atoms with van der Waals surface area (Å²) in [5.74, 6) is 1.99. The van der Waals surface area contributed by atoms with Crippen molar-refractivity contribution in [2.75, 3.05) is 13.7 Å². The topological polar surface area (TPSA) is 119 Å². The molecule has 172 valence electrons. The van der Waals surface area contributed by atoms with Gasteiger partial charge < -0.3 is 19.8 Å². The van der Waals surface area contributed by atoms with Gasteiger partial charge in [0.25, 0.3) is 5.56 Å². The minimum Gasteiger partial charge on any atom is -0.493 e. The smallest absolute Gasteiger partial charge is 0.273 e. The van der Waals surface area contributed by atoms with Gasteiger partial charge in [-0.3, -0.25) is 14.6 Å². The lowest BCUT2D eigenvalue weighted by Crippen LogP contribution is -2.25. The lowest BCUT2D eigenvalue weighted by atomic mass is 9.86. The van der Waals surface area contributed by atoms with Gasteiger partial charge in [-0.25, -0.2) is 0 Å². The van der Waals surface area contributed by atoms with E-state index in [1.165, 1.54) is 19.3 Å². The third-order valence-corrected chi connectivity index (χ3v) is 5.68. The highest BCUT2D eigenvalue weighted by Crippen LogP contribution is 2.33. The van der Waals surface area contributed by atoms with Gasteiger partial charge in [-0.15, -0.1) is 10.2 Å². The van der Waals surface area contributed by atoms with Crippen LogP contribution in [0, 0.1) is 5.92 Å². The molecule has 1 amide bonds. The third kappa shape index (κ3) is 5.94.